The molecule has 6 heteroatoms. The van der Waals surface area contributed by atoms with Gasteiger partial charge in [0.1, 0.15) is 11.6 Å². The van der Waals surface area contributed by atoms with Crippen molar-refractivity contribution in [2.24, 2.45) is 0 Å². The maximum absolute atomic E-state index is 13.3. The number of rotatable bonds is 5. The predicted molar refractivity (Wildman–Crippen MR) is 110 cm³/mol. The molecule has 0 fully saturated rings. The molecule has 0 aliphatic carbocycles. The number of methoxy groups -OCH3 is 1. The maximum Gasteiger partial charge on any atom is 0.196 e. The number of likely N-dealkylation sites (N-methyl/N-ethyl adjacent to an activating group) is 1. The zero-order valence-electron chi connectivity index (χ0n) is 14.6. The first-order chi connectivity index (χ1) is 12.7. The van der Waals surface area contributed by atoms with Crippen LogP contribution in [-0.2, 0) is 0 Å². The Bertz CT molecular complexity index is 1170. The molecule has 5 nitrogen and oxygen atoms in total. The van der Waals surface area contributed by atoms with Gasteiger partial charge in [-0.2, -0.15) is 0 Å². The minimum Gasteiger partial charge on any atom is -0.495 e. The number of hydrogen-bond donors (Lipinski definition) is 2. The predicted octanol–water partition coefficient (Wildman–Crippen LogP) is 3.60. The molecule has 2 aromatic carbocycles. The highest BCUT2D eigenvalue weighted by atomic mass is 32.1. The summed E-state index contributed by atoms with van der Waals surface area (Å²) in [5.41, 5.74) is 0.835. The van der Waals surface area contributed by atoms with Crippen LogP contribution >= 0.6 is 11.3 Å². The molecule has 26 heavy (non-hydrogen) atoms. The number of pyridine rings is 1. The number of fused-ring (bicyclic) bond motifs is 4. The Balaban J connectivity index is 2.13. The molecule has 4 rings (SSSR count). The second kappa shape index (κ2) is 6.90. The molecule has 0 amide bonds. The van der Waals surface area contributed by atoms with Gasteiger partial charge in [0.15, 0.2) is 5.43 Å². The Labute approximate surface area is 154 Å². The van der Waals surface area contributed by atoms with Crippen molar-refractivity contribution in [1.82, 2.24) is 10.3 Å². The van der Waals surface area contributed by atoms with Crippen LogP contribution in [0.2, 0.25) is 0 Å². The van der Waals surface area contributed by atoms with Crippen molar-refractivity contribution in [1.29, 1.82) is 0 Å². The number of nitrogens with one attached hydrogen (secondary N) is 2. The molecule has 0 radical (unpaired) electrons. The number of para-hydroxylation sites is 1. The fourth-order valence-electron chi connectivity index (χ4n) is 3.14. The average Bonchev–Trinajstić information content (AvgIpc) is 2.68. The van der Waals surface area contributed by atoms with E-state index in [-0.39, 0.29) is 5.43 Å². The fourth-order valence-corrected chi connectivity index (χ4v) is 4.39. The summed E-state index contributed by atoms with van der Waals surface area (Å²) in [5.74, 6) is 1.45. The van der Waals surface area contributed by atoms with Gasteiger partial charge in [0.05, 0.1) is 27.4 Å². The van der Waals surface area contributed by atoms with Crippen LogP contribution in [0.4, 0.5) is 5.82 Å². The first-order valence-corrected chi connectivity index (χ1v) is 9.27. The van der Waals surface area contributed by atoms with E-state index in [0.717, 1.165) is 39.2 Å². The van der Waals surface area contributed by atoms with Crippen LogP contribution < -0.4 is 20.8 Å². The third-order valence-electron chi connectivity index (χ3n) is 4.39. The summed E-state index contributed by atoms with van der Waals surface area (Å²) in [7, 11) is 3.53. The van der Waals surface area contributed by atoms with E-state index in [9.17, 15) is 4.79 Å². The molecule has 4 aromatic rings. The van der Waals surface area contributed by atoms with E-state index >= 15 is 0 Å². The average molecular weight is 365 g/mol. The molecular formula is C20H19N3O2S. The number of hydrogen-bond acceptors (Lipinski definition) is 6. The molecule has 132 valence electrons. The van der Waals surface area contributed by atoms with Gasteiger partial charge in [-0.15, -0.1) is 11.3 Å². The van der Waals surface area contributed by atoms with E-state index in [1.807, 2.05) is 49.5 Å². The summed E-state index contributed by atoms with van der Waals surface area (Å²) < 4.78 is 7.19. The van der Waals surface area contributed by atoms with Crippen molar-refractivity contribution in [3.8, 4) is 5.75 Å². The van der Waals surface area contributed by atoms with Gasteiger partial charge in [0, 0.05) is 23.9 Å². The highest BCUT2D eigenvalue weighted by Gasteiger charge is 2.16. The van der Waals surface area contributed by atoms with E-state index in [1.54, 1.807) is 18.4 Å². The third-order valence-corrected chi connectivity index (χ3v) is 5.62. The first-order valence-electron chi connectivity index (χ1n) is 8.45. The third kappa shape index (κ3) is 2.67. The summed E-state index contributed by atoms with van der Waals surface area (Å²) in [4.78, 5) is 18.1. The van der Waals surface area contributed by atoms with E-state index in [2.05, 4.69) is 10.6 Å². The van der Waals surface area contributed by atoms with Crippen LogP contribution in [0.25, 0.3) is 31.1 Å². The van der Waals surface area contributed by atoms with Gasteiger partial charge in [-0.25, -0.2) is 4.98 Å². The minimum absolute atomic E-state index is 0.0166. The van der Waals surface area contributed by atoms with E-state index < -0.39 is 0 Å². The monoisotopic (exact) mass is 365 g/mol. The Hall–Kier alpha value is -2.70. The highest BCUT2D eigenvalue weighted by Crippen LogP contribution is 2.37. The summed E-state index contributed by atoms with van der Waals surface area (Å²) in [6, 6.07) is 13.4. The molecule has 0 saturated heterocycles. The van der Waals surface area contributed by atoms with Crippen LogP contribution in [0.3, 0.4) is 0 Å². The van der Waals surface area contributed by atoms with Gasteiger partial charge in [-0.1, -0.05) is 24.3 Å². The van der Waals surface area contributed by atoms with Crippen molar-refractivity contribution in [2.45, 2.75) is 0 Å². The lowest BCUT2D eigenvalue weighted by Crippen LogP contribution is -2.18. The summed E-state index contributed by atoms with van der Waals surface area (Å²) >= 11 is 1.55. The molecule has 0 atom stereocenters. The molecule has 0 aliphatic heterocycles. The van der Waals surface area contributed by atoms with Crippen molar-refractivity contribution >= 4 is 48.2 Å². The van der Waals surface area contributed by atoms with Gasteiger partial charge >= 0.3 is 0 Å². The lowest BCUT2D eigenvalue weighted by atomic mass is 10.1. The fraction of sp³-hybridized carbons (Fsp3) is 0.200. The molecule has 0 saturated carbocycles. The minimum atomic E-state index is 0.0166. The van der Waals surface area contributed by atoms with Gasteiger partial charge in [0.25, 0.3) is 0 Å². The van der Waals surface area contributed by atoms with Crippen LogP contribution in [0.15, 0.2) is 47.3 Å². The lowest BCUT2D eigenvalue weighted by Gasteiger charge is -2.12. The van der Waals surface area contributed by atoms with Gasteiger partial charge in [0.2, 0.25) is 0 Å². The first kappa shape index (κ1) is 16.8. The molecule has 2 N–H and O–H groups in total. The Morgan fingerprint density at radius 1 is 1.04 bits per heavy atom. The molecule has 0 spiro atoms. The summed E-state index contributed by atoms with van der Waals surface area (Å²) in [6.45, 7) is 1.53. The largest absolute Gasteiger partial charge is 0.495 e. The molecule has 0 bridgehead atoms. The van der Waals surface area contributed by atoms with Crippen LogP contribution in [0, 0.1) is 0 Å². The van der Waals surface area contributed by atoms with Crippen molar-refractivity contribution in [2.75, 3.05) is 32.6 Å². The number of benzene rings is 2. The second-order valence-electron chi connectivity index (χ2n) is 5.98. The number of anilines is 1. The van der Waals surface area contributed by atoms with E-state index in [4.69, 9.17) is 9.72 Å². The number of nitrogens with zero attached hydrogens (tertiary/aromatic N) is 1. The van der Waals surface area contributed by atoms with Crippen molar-refractivity contribution in [3.63, 3.8) is 0 Å². The zero-order valence-corrected chi connectivity index (χ0v) is 15.4. The normalized spacial score (nSPS) is 11.3. The molecular weight excluding hydrogens is 346 g/mol. The van der Waals surface area contributed by atoms with Crippen molar-refractivity contribution in [3.05, 3.63) is 52.7 Å². The Morgan fingerprint density at radius 3 is 2.65 bits per heavy atom. The highest BCUT2D eigenvalue weighted by molar-refractivity contribution is 7.25. The van der Waals surface area contributed by atoms with Gasteiger partial charge < -0.3 is 15.4 Å². The smallest absolute Gasteiger partial charge is 0.196 e. The number of aromatic nitrogens is 1. The Morgan fingerprint density at radius 2 is 1.85 bits per heavy atom. The summed E-state index contributed by atoms with van der Waals surface area (Å²) in [6.07, 6.45) is 0. The number of ether oxygens (including phenoxy) is 1. The maximum atomic E-state index is 13.3. The molecule has 0 unspecified atom stereocenters. The summed E-state index contributed by atoms with van der Waals surface area (Å²) in [5, 5.41) is 8.76. The van der Waals surface area contributed by atoms with Crippen LogP contribution in [0.5, 0.6) is 5.75 Å². The molecule has 0 aliphatic rings. The van der Waals surface area contributed by atoms with Gasteiger partial charge in [-0.3, -0.25) is 4.79 Å². The topological polar surface area (TPSA) is 63.2 Å². The van der Waals surface area contributed by atoms with E-state index in [1.165, 1.54) is 0 Å². The quantitative estimate of drug-likeness (QED) is 0.321. The van der Waals surface area contributed by atoms with Crippen molar-refractivity contribution < 1.29 is 4.74 Å². The second-order valence-corrected chi connectivity index (χ2v) is 7.00. The Kier molecular flexibility index (Phi) is 4.44. The van der Waals surface area contributed by atoms with Gasteiger partial charge in [-0.05, 0) is 25.2 Å². The van der Waals surface area contributed by atoms with Crippen LogP contribution in [-0.4, -0.2) is 32.2 Å². The molecule has 2 heterocycles. The SMILES string of the molecule is CNCCNc1nc2ccccc2c2c(=O)c3cccc(OC)c3sc12. The lowest BCUT2D eigenvalue weighted by molar-refractivity contribution is 0.420. The van der Waals surface area contributed by atoms with E-state index in [0.29, 0.717) is 16.5 Å². The standard InChI is InChI=1S/C20H19N3O2S/c1-21-10-11-22-20-19-16(12-6-3-4-8-14(12)23-20)17(24)13-7-5-9-15(25-2)18(13)26-19/h3-9,21H,10-11H2,1-2H3,(H,22,23). The zero-order chi connectivity index (χ0) is 18.1. The van der Waals surface area contributed by atoms with Crippen LogP contribution in [0.1, 0.15) is 0 Å². The molecule has 2 aromatic heterocycles.